The molecule has 6 rings (SSSR count). The van der Waals surface area contributed by atoms with E-state index in [4.69, 9.17) is 9.84 Å². The molecule has 3 heterocycles. The molecule has 0 aliphatic carbocycles. The van der Waals surface area contributed by atoms with Crippen LogP contribution in [0.1, 0.15) is 28.2 Å². The lowest BCUT2D eigenvalue weighted by atomic mass is 10.2. The van der Waals surface area contributed by atoms with Crippen LogP contribution in [-0.4, -0.2) is 36.8 Å². The minimum absolute atomic E-state index is 0. The first-order chi connectivity index (χ1) is 18.7. The summed E-state index contributed by atoms with van der Waals surface area (Å²) < 4.78 is 8.93. The van der Waals surface area contributed by atoms with Gasteiger partial charge in [0.05, 0.1) is 0 Å². The molecule has 0 spiro atoms. The minimum Gasteiger partial charge on any atom is -0.480 e. The Labute approximate surface area is 234 Å². The van der Waals surface area contributed by atoms with Crippen molar-refractivity contribution in [2.75, 3.05) is 0 Å². The van der Waals surface area contributed by atoms with Crippen LogP contribution < -0.4 is 0 Å². The lowest BCUT2D eigenvalue weighted by molar-refractivity contribution is -0.155. The molecule has 7 nitrogen and oxygen atoms in total. The van der Waals surface area contributed by atoms with E-state index < -0.39 is 11.6 Å². The number of carboxylic acids is 1. The minimum atomic E-state index is -0.818. The van der Waals surface area contributed by atoms with E-state index in [-0.39, 0.29) is 26.5 Å². The first-order valence-corrected chi connectivity index (χ1v) is 12.7. The number of aromatic amines is 1. The molecular weight excluding hydrogens is 502 g/mol. The number of H-pyrrole nitrogens is 1. The zero-order chi connectivity index (χ0) is 27.8. The Bertz CT molecular complexity index is 1650. The largest absolute Gasteiger partial charge is 0.480 e. The quantitative estimate of drug-likeness (QED) is 0.227. The predicted octanol–water partition coefficient (Wildman–Crippen LogP) is 7.51. The van der Waals surface area contributed by atoms with Crippen LogP contribution >= 0.6 is 0 Å². The van der Waals surface area contributed by atoms with Gasteiger partial charge >= 0.3 is 11.9 Å². The molecule has 3 aromatic heterocycles. The van der Waals surface area contributed by atoms with Crippen molar-refractivity contribution in [2.24, 2.45) is 0 Å². The molecule has 2 N–H and O–H groups in total. The molecule has 0 aliphatic rings. The number of esters is 1. The average molecular weight is 540 g/mol. The van der Waals surface area contributed by atoms with Crippen molar-refractivity contribution in [1.82, 2.24) is 14.1 Å². The van der Waals surface area contributed by atoms with Gasteiger partial charge in [0.15, 0.2) is 0 Å². The highest BCUT2D eigenvalue weighted by Gasteiger charge is 2.16. The van der Waals surface area contributed by atoms with Gasteiger partial charge < -0.3 is 24.0 Å². The molecule has 7 heteroatoms. The molecule has 0 aliphatic heterocycles. The van der Waals surface area contributed by atoms with E-state index in [1.54, 1.807) is 10.8 Å². The summed E-state index contributed by atoms with van der Waals surface area (Å²) >= 11 is 0. The summed E-state index contributed by atoms with van der Waals surface area (Å²) in [5.41, 5.74) is 2.79. The number of benzene rings is 3. The average Bonchev–Trinajstić information content (AvgIpc) is 3.63. The second-order valence-electron chi connectivity index (χ2n) is 10.1. The van der Waals surface area contributed by atoms with Crippen molar-refractivity contribution in [1.29, 1.82) is 0 Å². The Morgan fingerprint density at radius 1 is 0.725 bits per heavy atom. The van der Waals surface area contributed by atoms with Crippen LogP contribution in [0.4, 0.5) is 0 Å². The molecular formula is C33H37N3O4. The molecule has 6 aromatic rings. The number of rotatable bonds is 4. The number of ether oxygens (including phenoxy) is 1. The van der Waals surface area contributed by atoms with Gasteiger partial charge in [0.25, 0.3) is 0 Å². The lowest BCUT2D eigenvalue weighted by Crippen LogP contribution is -2.26. The number of fused-ring (bicyclic) bond motifs is 3. The van der Waals surface area contributed by atoms with Crippen molar-refractivity contribution in [3.05, 3.63) is 110 Å². The van der Waals surface area contributed by atoms with Crippen LogP contribution in [0.25, 0.3) is 32.7 Å². The van der Waals surface area contributed by atoms with Crippen molar-refractivity contribution in [3.8, 4) is 0 Å². The van der Waals surface area contributed by atoms with Crippen molar-refractivity contribution in [2.45, 2.75) is 46.9 Å². The van der Waals surface area contributed by atoms with Gasteiger partial charge in [-0.15, -0.1) is 0 Å². The molecule has 0 saturated heterocycles. The maximum Gasteiger partial charge on any atom is 0.326 e. The molecule has 0 bridgehead atoms. The van der Waals surface area contributed by atoms with E-state index in [1.165, 1.54) is 10.9 Å². The van der Waals surface area contributed by atoms with Crippen LogP contribution in [0.5, 0.6) is 0 Å². The molecule has 208 valence electrons. The second kappa shape index (κ2) is 13.3. The van der Waals surface area contributed by atoms with E-state index in [0.29, 0.717) is 0 Å². The van der Waals surface area contributed by atoms with E-state index in [0.717, 1.165) is 21.8 Å². The Balaban J connectivity index is 0.000000170. The number of nitrogens with one attached hydrogen (secondary N) is 1. The Hall–Kier alpha value is -4.78. The van der Waals surface area contributed by atoms with E-state index >= 15 is 0 Å². The van der Waals surface area contributed by atoms with Crippen LogP contribution in [-0.2, 0) is 27.4 Å². The molecule has 40 heavy (non-hydrogen) atoms. The third-order valence-corrected chi connectivity index (χ3v) is 5.85. The van der Waals surface area contributed by atoms with Gasteiger partial charge in [-0.25, -0.2) is 0 Å². The summed E-state index contributed by atoms with van der Waals surface area (Å²) in [6.07, 6.45) is 5.65. The Morgan fingerprint density at radius 2 is 1.23 bits per heavy atom. The smallest absolute Gasteiger partial charge is 0.326 e. The number of hydrogen-bond donors (Lipinski definition) is 2. The molecule has 0 unspecified atom stereocenters. The third kappa shape index (κ3) is 8.11. The molecule has 0 radical (unpaired) electrons. The summed E-state index contributed by atoms with van der Waals surface area (Å²) in [5, 5.41) is 12.1. The first kappa shape index (κ1) is 29.8. The van der Waals surface area contributed by atoms with Crippen molar-refractivity contribution in [3.63, 3.8) is 0 Å². The van der Waals surface area contributed by atoms with Crippen LogP contribution in [0.2, 0.25) is 0 Å². The number of para-hydroxylation sites is 3. The summed E-state index contributed by atoms with van der Waals surface area (Å²) in [6.45, 7) is 5.90. The number of aromatic nitrogens is 3. The highest BCUT2D eigenvalue weighted by Crippen LogP contribution is 2.16. The number of aliphatic carboxylic acids is 1. The molecule has 3 aromatic carbocycles. The van der Waals surface area contributed by atoms with Gasteiger partial charge in [0.1, 0.15) is 18.7 Å². The standard InChI is InChI=1S/C14H17NO2.C10H9NO2.C8H7N.CH4/c1-14(2,3)17-13(16)10-15-9-8-11-6-4-5-7-12(11)15;12-10(13)7-11-6-5-8-3-1-2-4-9(8)11;1-2-4-8-7(3-1)5-6-9-8;/h4-9H,10H2,1-3H3;1-6H,7H2,(H,12,13);1-6,9H;1H4. The van der Waals surface area contributed by atoms with Crippen LogP contribution in [0.15, 0.2) is 110 Å². The van der Waals surface area contributed by atoms with Crippen LogP contribution in [0.3, 0.4) is 0 Å². The van der Waals surface area contributed by atoms with Crippen LogP contribution in [0, 0.1) is 0 Å². The molecule has 0 atom stereocenters. The number of hydrogen-bond acceptors (Lipinski definition) is 3. The maximum absolute atomic E-state index is 11.7. The van der Waals surface area contributed by atoms with Gasteiger partial charge in [0, 0.05) is 35.1 Å². The van der Waals surface area contributed by atoms with E-state index in [9.17, 15) is 9.59 Å². The SMILES string of the molecule is C.CC(C)(C)OC(=O)Cn1ccc2ccccc21.O=C(O)Cn1ccc2ccccc21.c1ccc2[nH]ccc2c1. The predicted molar refractivity (Wildman–Crippen MR) is 162 cm³/mol. The highest BCUT2D eigenvalue weighted by molar-refractivity contribution is 5.82. The Morgan fingerprint density at radius 3 is 1.75 bits per heavy atom. The van der Waals surface area contributed by atoms with E-state index in [1.807, 2.05) is 111 Å². The fourth-order valence-corrected chi connectivity index (χ4v) is 4.21. The fraction of sp³-hybridized carbons (Fsp3) is 0.212. The molecule has 0 saturated carbocycles. The number of nitrogens with zero attached hydrogens (tertiary/aromatic N) is 2. The van der Waals surface area contributed by atoms with Crippen molar-refractivity contribution < 1.29 is 19.4 Å². The third-order valence-electron chi connectivity index (χ3n) is 5.85. The normalized spacial score (nSPS) is 10.7. The van der Waals surface area contributed by atoms with Gasteiger partial charge in [0.2, 0.25) is 0 Å². The van der Waals surface area contributed by atoms with E-state index in [2.05, 4.69) is 23.2 Å². The molecule has 0 amide bonds. The molecule has 0 fully saturated rings. The van der Waals surface area contributed by atoms with Gasteiger partial charge in [-0.2, -0.15) is 0 Å². The second-order valence-corrected chi connectivity index (χ2v) is 10.1. The number of carboxylic acid groups (broad SMARTS) is 1. The number of carbonyl (C=O) groups excluding carboxylic acids is 1. The lowest BCUT2D eigenvalue weighted by Gasteiger charge is -2.19. The summed E-state index contributed by atoms with van der Waals surface area (Å²) in [6, 6.07) is 29.9. The zero-order valence-corrected chi connectivity index (χ0v) is 22.4. The maximum atomic E-state index is 11.7. The fourth-order valence-electron chi connectivity index (χ4n) is 4.21. The summed E-state index contributed by atoms with van der Waals surface area (Å²) in [5.74, 6) is -1.03. The van der Waals surface area contributed by atoms with Gasteiger partial charge in [-0.1, -0.05) is 62.0 Å². The monoisotopic (exact) mass is 539 g/mol. The Kier molecular flexibility index (Phi) is 9.92. The first-order valence-electron chi connectivity index (χ1n) is 12.7. The summed E-state index contributed by atoms with van der Waals surface area (Å²) in [4.78, 5) is 25.3. The highest BCUT2D eigenvalue weighted by atomic mass is 16.6. The number of carbonyl (C=O) groups is 2. The van der Waals surface area contributed by atoms with Gasteiger partial charge in [-0.05, 0) is 73.3 Å². The summed E-state index contributed by atoms with van der Waals surface area (Å²) in [7, 11) is 0. The van der Waals surface area contributed by atoms with Crippen molar-refractivity contribution >= 4 is 44.6 Å². The van der Waals surface area contributed by atoms with Gasteiger partial charge in [-0.3, -0.25) is 9.59 Å². The topological polar surface area (TPSA) is 89.2 Å². The zero-order valence-electron chi connectivity index (χ0n) is 22.4.